The maximum atomic E-state index is 12.4. The van der Waals surface area contributed by atoms with Crippen molar-refractivity contribution in [1.29, 1.82) is 0 Å². The molecule has 0 radical (unpaired) electrons. The first kappa shape index (κ1) is 19.1. The lowest BCUT2D eigenvalue weighted by Crippen LogP contribution is -2.34. The van der Waals surface area contributed by atoms with E-state index in [1.165, 1.54) is 11.1 Å². The van der Waals surface area contributed by atoms with Crippen molar-refractivity contribution in [3.05, 3.63) is 82.8 Å². The van der Waals surface area contributed by atoms with E-state index in [0.29, 0.717) is 24.7 Å². The van der Waals surface area contributed by atoms with E-state index < -0.39 is 0 Å². The lowest BCUT2D eigenvalue weighted by atomic mass is 9.97. The first-order valence-electron chi connectivity index (χ1n) is 9.86. The summed E-state index contributed by atoms with van der Waals surface area (Å²) < 4.78 is 17.3. The van der Waals surface area contributed by atoms with Crippen molar-refractivity contribution in [1.82, 2.24) is 5.32 Å². The summed E-state index contributed by atoms with van der Waals surface area (Å²) in [6, 6.07) is 17.5. The van der Waals surface area contributed by atoms with Gasteiger partial charge < -0.3 is 19.2 Å². The molecule has 29 heavy (non-hydrogen) atoms. The number of nitrogens with one attached hydrogen (secondary N) is 1. The van der Waals surface area contributed by atoms with Crippen LogP contribution in [-0.2, 0) is 13.0 Å². The molecule has 1 N–H and O–H groups in total. The van der Waals surface area contributed by atoms with E-state index in [4.69, 9.17) is 13.9 Å². The van der Waals surface area contributed by atoms with Crippen LogP contribution >= 0.6 is 0 Å². The molecule has 2 heterocycles. The Morgan fingerprint density at radius 1 is 1.14 bits per heavy atom. The topological polar surface area (TPSA) is 60.7 Å². The van der Waals surface area contributed by atoms with E-state index >= 15 is 0 Å². The Morgan fingerprint density at radius 3 is 2.86 bits per heavy atom. The third kappa shape index (κ3) is 4.62. The third-order valence-electron chi connectivity index (χ3n) is 5.09. The van der Waals surface area contributed by atoms with Crippen molar-refractivity contribution in [2.24, 2.45) is 5.92 Å². The molecule has 0 bridgehead atoms. The predicted molar refractivity (Wildman–Crippen MR) is 110 cm³/mol. The molecule has 1 aromatic heterocycles. The summed E-state index contributed by atoms with van der Waals surface area (Å²) in [4.78, 5) is 12.4. The molecule has 0 saturated carbocycles. The summed E-state index contributed by atoms with van der Waals surface area (Å²) in [6.07, 6.45) is 0.892. The quantitative estimate of drug-likeness (QED) is 0.674. The molecule has 1 aliphatic heterocycles. The number of fused-ring (bicyclic) bond motifs is 1. The van der Waals surface area contributed by atoms with E-state index in [1.54, 1.807) is 12.1 Å². The van der Waals surface area contributed by atoms with Gasteiger partial charge in [-0.25, -0.2) is 0 Å². The van der Waals surface area contributed by atoms with Gasteiger partial charge in [0.15, 0.2) is 5.76 Å². The smallest absolute Gasteiger partial charge is 0.287 e. The van der Waals surface area contributed by atoms with E-state index in [1.807, 2.05) is 44.2 Å². The van der Waals surface area contributed by atoms with E-state index in [0.717, 1.165) is 23.5 Å². The second-order valence-corrected chi connectivity index (χ2v) is 7.52. The van der Waals surface area contributed by atoms with Crippen molar-refractivity contribution in [3.8, 4) is 11.5 Å². The highest BCUT2D eigenvalue weighted by Crippen LogP contribution is 2.26. The molecule has 0 fully saturated rings. The monoisotopic (exact) mass is 391 g/mol. The number of furan rings is 1. The zero-order chi connectivity index (χ0) is 20.2. The number of carbonyl (C=O) groups is 1. The average Bonchev–Trinajstić information content (AvgIpc) is 3.20. The standard InChI is InChI=1S/C24H25NO4/c1-16-7-9-21(17(2)11-16)28-15-20-8-10-23(29-20)24(26)25-13-18-12-19-5-3-4-6-22(19)27-14-18/h3-11,18H,12-15H2,1-2H3,(H,25,26). The van der Waals surface area contributed by atoms with Gasteiger partial charge in [0.2, 0.25) is 0 Å². The van der Waals surface area contributed by atoms with Gasteiger partial charge in [0.05, 0.1) is 6.61 Å². The Balaban J connectivity index is 1.28. The molecule has 5 nitrogen and oxygen atoms in total. The number of hydrogen-bond donors (Lipinski definition) is 1. The van der Waals surface area contributed by atoms with Gasteiger partial charge in [0.25, 0.3) is 5.91 Å². The first-order chi connectivity index (χ1) is 14.1. The van der Waals surface area contributed by atoms with Crippen LogP contribution < -0.4 is 14.8 Å². The zero-order valence-corrected chi connectivity index (χ0v) is 16.7. The highest BCUT2D eigenvalue weighted by atomic mass is 16.5. The largest absolute Gasteiger partial charge is 0.493 e. The van der Waals surface area contributed by atoms with Crippen LogP contribution in [0.5, 0.6) is 11.5 Å². The first-order valence-corrected chi connectivity index (χ1v) is 9.86. The molecular weight excluding hydrogens is 366 g/mol. The number of para-hydroxylation sites is 1. The number of aryl methyl sites for hydroxylation is 2. The van der Waals surface area contributed by atoms with Gasteiger partial charge in [-0.1, -0.05) is 35.9 Å². The minimum Gasteiger partial charge on any atom is -0.493 e. The van der Waals surface area contributed by atoms with Crippen LogP contribution in [0.1, 0.15) is 33.0 Å². The third-order valence-corrected chi connectivity index (χ3v) is 5.09. The Bertz CT molecular complexity index is 1010. The molecule has 1 atom stereocenters. The second kappa shape index (κ2) is 8.43. The van der Waals surface area contributed by atoms with Crippen molar-refractivity contribution in [3.63, 3.8) is 0 Å². The van der Waals surface area contributed by atoms with Gasteiger partial charge in [0.1, 0.15) is 23.9 Å². The Morgan fingerprint density at radius 2 is 2.00 bits per heavy atom. The molecule has 4 rings (SSSR count). The van der Waals surface area contributed by atoms with Gasteiger partial charge in [-0.15, -0.1) is 0 Å². The fourth-order valence-electron chi connectivity index (χ4n) is 3.53. The van der Waals surface area contributed by atoms with Crippen LogP contribution in [0.2, 0.25) is 0 Å². The number of benzene rings is 2. The minimum absolute atomic E-state index is 0.221. The average molecular weight is 391 g/mol. The molecule has 5 heteroatoms. The summed E-state index contributed by atoms with van der Waals surface area (Å²) >= 11 is 0. The number of hydrogen-bond acceptors (Lipinski definition) is 4. The van der Waals surface area contributed by atoms with Crippen molar-refractivity contribution in [2.45, 2.75) is 26.9 Å². The van der Waals surface area contributed by atoms with Crippen LogP contribution in [0, 0.1) is 19.8 Å². The highest BCUT2D eigenvalue weighted by Gasteiger charge is 2.21. The number of amides is 1. The van der Waals surface area contributed by atoms with E-state index in [-0.39, 0.29) is 18.4 Å². The maximum absolute atomic E-state index is 12.4. The molecule has 1 unspecified atom stereocenters. The van der Waals surface area contributed by atoms with E-state index in [2.05, 4.69) is 17.4 Å². The molecule has 2 aromatic carbocycles. The van der Waals surface area contributed by atoms with Crippen LogP contribution in [0.15, 0.2) is 59.0 Å². The summed E-state index contributed by atoms with van der Waals surface area (Å²) in [5, 5.41) is 2.95. The molecule has 0 saturated heterocycles. The molecule has 0 spiro atoms. The summed E-state index contributed by atoms with van der Waals surface area (Å²) in [5.74, 6) is 2.69. The zero-order valence-electron chi connectivity index (χ0n) is 16.7. The lowest BCUT2D eigenvalue weighted by Gasteiger charge is -2.25. The number of ether oxygens (including phenoxy) is 2. The van der Waals surface area contributed by atoms with Gasteiger partial charge in [-0.3, -0.25) is 4.79 Å². The van der Waals surface area contributed by atoms with Crippen LogP contribution in [-0.4, -0.2) is 19.1 Å². The number of carbonyl (C=O) groups excluding carboxylic acids is 1. The summed E-state index contributed by atoms with van der Waals surface area (Å²) in [5.41, 5.74) is 3.45. The molecule has 150 valence electrons. The highest BCUT2D eigenvalue weighted by molar-refractivity contribution is 5.91. The Kier molecular flexibility index (Phi) is 5.56. The second-order valence-electron chi connectivity index (χ2n) is 7.52. The van der Waals surface area contributed by atoms with Crippen molar-refractivity contribution < 1.29 is 18.7 Å². The predicted octanol–water partition coefficient (Wildman–Crippen LogP) is 4.46. The fourth-order valence-corrected chi connectivity index (χ4v) is 3.53. The van der Waals surface area contributed by atoms with Crippen LogP contribution in [0.25, 0.3) is 0 Å². The van der Waals surface area contributed by atoms with Crippen LogP contribution in [0.3, 0.4) is 0 Å². The lowest BCUT2D eigenvalue weighted by molar-refractivity contribution is 0.0907. The Labute approximate surface area is 170 Å². The van der Waals surface area contributed by atoms with Crippen molar-refractivity contribution >= 4 is 5.91 Å². The fraction of sp³-hybridized carbons (Fsp3) is 0.292. The molecule has 3 aromatic rings. The van der Waals surface area contributed by atoms with Gasteiger partial charge >= 0.3 is 0 Å². The SMILES string of the molecule is Cc1ccc(OCc2ccc(C(=O)NCC3COc4ccccc4C3)o2)c(C)c1. The van der Waals surface area contributed by atoms with Gasteiger partial charge in [0, 0.05) is 12.5 Å². The molecular formula is C24H25NO4. The maximum Gasteiger partial charge on any atom is 0.287 e. The number of rotatable bonds is 6. The molecule has 0 aliphatic carbocycles. The van der Waals surface area contributed by atoms with Crippen molar-refractivity contribution in [2.75, 3.05) is 13.2 Å². The van der Waals surface area contributed by atoms with Crippen LogP contribution in [0.4, 0.5) is 0 Å². The molecule has 1 aliphatic rings. The van der Waals surface area contributed by atoms with Gasteiger partial charge in [-0.05, 0) is 55.7 Å². The normalized spacial score (nSPS) is 15.3. The summed E-state index contributed by atoms with van der Waals surface area (Å²) in [6.45, 7) is 5.49. The van der Waals surface area contributed by atoms with E-state index in [9.17, 15) is 4.79 Å². The Hall–Kier alpha value is -3.21. The summed E-state index contributed by atoms with van der Waals surface area (Å²) in [7, 11) is 0. The van der Waals surface area contributed by atoms with Gasteiger partial charge in [-0.2, -0.15) is 0 Å². The molecule has 1 amide bonds. The minimum atomic E-state index is -0.221.